The highest BCUT2D eigenvalue weighted by Gasteiger charge is 2.20. The van der Waals surface area contributed by atoms with Crippen molar-refractivity contribution in [2.24, 2.45) is 0 Å². The molecule has 0 aliphatic heterocycles. The molecule has 0 spiro atoms. The first-order valence-electron chi connectivity index (χ1n) is 27.3. The zero-order valence-electron chi connectivity index (χ0n) is 40.7. The van der Waals surface area contributed by atoms with Crippen molar-refractivity contribution in [2.45, 2.75) is 321 Å². The Balaban J connectivity index is 3.37. The molecule has 0 aliphatic carbocycles. The van der Waals surface area contributed by atoms with Gasteiger partial charge in [-0.2, -0.15) is 0 Å². The number of hydrogen-bond donors (Lipinski definition) is 3. The topological polar surface area (TPSA) is 95.9 Å². The van der Waals surface area contributed by atoms with Gasteiger partial charge in [0.15, 0.2) is 0 Å². The van der Waals surface area contributed by atoms with E-state index in [4.69, 9.17) is 4.74 Å². The fourth-order valence-electron chi connectivity index (χ4n) is 8.70. The maximum Gasteiger partial charge on any atom is 0.305 e. The highest BCUT2D eigenvalue weighted by atomic mass is 16.5. The monoisotopic (exact) mass is 850 g/mol. The van der Waals surface area contributed by atoms with Gasteiger partial charge in [0.25, 0.3) is 0 Å². The minimum atomic E-state index is -0.662. The van der Waals surface area contributed by atoms with Crippen LogP contribution in [0.15, 0.2) is 0 Å². The lowest BCUT2D eigenvalue weighted by molar-refractivity contribution is -0.143. The number of aliphatic hydroxyl groups is 2. The van der Waals surface area contributed by atoms with E-state index in [2.05, 4.69) is 19.2 Å². The third-order valence-electron chi connectivity index (χ3n) is 12.9. The lowest BCUT2D eigenvalue weighted by Crippen LogP contribution is -2.45. The number of rotatable bonds is 51. The summed E-state index contributed by atoms with van der Waals surface area (Å²) < 4.78 is 5.46. The van der Waals surface area contributed by atoms with Gasteiger partial charge in [-0.3, -0.25) is 9.59 Å². The Labute approximate surface area is 375 Å². The number of aliphatic hydroxyl groups excluding tert-OH is 2. The van der Waals surface area contributed by atoms with Crippen molar-refractivity contribution in [3.63, 3.8) is 0 Å². The van der Waals surface area contributed by atoms with Crippen molar-refractivity contribution < 1.29 is 24.5 Å². The first-order valence-corrected chi connectivity index (χ1v) is 27.3. The van der Waals surface area contributed by atoms with E-state index < -0.39 is 12.1 Å². The van der Waals surface area contributed by atoms with Crippen LogP contribution in [-0.2, 0) is 14.3 Å². The lowest BCUT2D eigenvalue weighted by Gasteiger charge is -2.22. The van der Waals surface area contributed by atoms with Gasteiger partial charge in [0, 0.05) is 12.8 Å². The van der Waals surface area contributed by atoms with Crippen LogP contribution in [-0.4, -0.2) is 47.4 Å². The average molecular weight is 850 g/mol. The third-order valence-corrected chi connectivity index (χ3v) is 12.9. The van der Waals surface area contributed by atoms with Gasteiger partial charge in [0.2, 0.25) is 5.91 Å². The summed E-state index contributed by atoms with van der Waals surface area (Å²) in [5, 5.41) is 23.2. The normalized spacial score (nSPS) is 12.5. The van der Waals surface area contributed by atoms with Crippen molar-refractivity contribution >= 4 is 11.9 Å². The minimum Gasteiger partial charge on any atom is -0.466 e. The number of ether oxygens (including phenoxy) is 1. The molecule has 1 amide bonds. The summed E-state index contributed by atoms with van der Waals surface area (Å²) in [7, 11) is 0. The number of hydrogen-bond acceptors (Lipinski definition) is 5. The average Bonchev–Trinajstić information content (AvgIpc) is 3.25. The van der Waals surface area contributed by atoms with Gasteiger partial charge < -0.3 is 20.3 Å². The molecule has 60 heavy (non-hydrogen) atoms. The number of carbonyl (C=O) groups excluding carboxylic acids is 2. The van der Waals surface area contributed by atoms with Crippen LogP contribution in [0.2, 0.25) is 0 Å². The standard InChI is InChI=1S/C54H107NO5/c1-3-5-7-9-11-13-15-27-30-34-38-42-46-52(57)51(50-56)55-53(58)47-43-39-35-31-28-24-22-20-18-16-17-19-21-23-25-29-33-37-41-45-49-60-54(59)48-44-40-36-32-26-14-12-10-8-6-4-2/h51-52,56-57H,3-50H2,1-2H3,(H,55,58). The molecule has 0 aromatic rings. The molecule has 0 rings (SSSR count). The molecule has 6 heteroatoms. The van der Waals surface area contributed by atoms with Gasteiger partial charge in [-0.05, 0) is 25.7 Å². The first kappa shape index (κ1) is 58.9. The summed E-state index contributed by atoms with van der Waals surface area (Å²) in [6, 6.07) is -0.540. The van der Waals surface area contributed by atoms with Gasteiger partial charge in [-0.25, -0.2) is 0 Å². The van der Waals surface area contributed by atoms with Crippen molar-refractivity contribution in [3.8, 4) is 0 Å². The van der Waals surface area contributed by atoms with E-state index in [1.807, 2.05) is 0 Å². The quantitative estimate of drug-likeness (QED) is 0.0418. The summed E-state index contributed by atoms with van der Waals surface area (Å²) in [4.78, 5) is 24.4. The second-order valence-electron chi connectivity index (χ2n) is 18.9. The van der Waals surface area contributed by atoms with E-state index in [1.54, 1.807) is 0 Å². The highest BCUT2D eigenvalue weighted by Crippen LogP contribution is 2.17. The lowest BCUT2D eigenvalue weighted by atomic mass is 10.0. The molecule has 0 bridgehead atoms. The van der Waals surface area contributed by atoms with Crippen molar-refractivity contribution in [1.82, 2.24) is 5.32 Å². The Morgan fingerprint density at radius 1 is 0.400 bits per heavy atom. The van der Waals surface area contributed by atoms with E-state index in [9.17, 15) is 19.8 Å². The van der Waals surface area contributed by atoms with Gasteiger partial charge >= 0.3 is 5.97 Å². The van der Waals surface area contributed by atoms with E-state index in [1.165, 1.54) is 238 Å². The summed E-state index contributed by atoms with van der Waals surface area (Å²) in [6.07, 6.45) is 56.6. The second kappa shape index (κ2) is 50.5. The zero-order valence-corrected chi connectivity index (χ0v) is 40.7. The molecule has 358 valence electrons. The van der Waals surface area contributed by atoms with Crippen LogP contribution in [0.25, 0.3) is 0 Å². The molecule has 0 fully saturated rings. The van der Waals surface area contributed by atoms with E-state index in [0.29, 0.717) is 25.9 Å². The van der Waals surface area contributed by atoms with Crippen LogP contribution in [0, 0.1) is 0 Å². The molecule has 6 nitrogen and oxygen atoms in total. The van der Waals surface area contributed by atoms with Crippen LogP contribution < -0.4 is 5.32 Å². The van der Waals surface area contributed by atoms with E-state index in [0.717, 1.165) is 38.5 Å². The Bertz CT molecular complexity index is 852. The molecule has 0 saturated carbocycles. The molecule has 0 saturated heterocycles. The molecule has 0 aliphatic rings. The fraction of sp³-hybridized carbons (Fsp3) is 0.963. The number of carbonyl (C=O) groups is 2. The van der Waals surface area contributed by atoms with Gasteiger partial charge in [-0.1, -0.05) is 271 Å². The van der Waals surface area contributed by atoms with Crippen LogP contribution in [0.1, 0.15) is 309 Å². The molecular weight excluding hydrogens is 743 g/mol. The number of esters is 1. The molecular formula is C54H107NO5. The van der Waals surface area contributed by atoms with Gasteiger partial charge in [0.05, 0.1) is 25.4 Å². The van der Waals surface area contributed by atoms with Gasteiger partial charge in [0.1, 0.15) is 0 Å². The number of unbranched alkanes of at least 4 members (excludes halogenated alkanes) is 40. The van der Waals surface area contributed by atoms with Crippen LogP contribution in [0.3, 0.4) is 0 Å². The van der Waals surface area contributed by atoms with E-state index in [-0.39, 0.29) is 18.5 Å². The van der Waals surface area contributed by atoms with E-state index >= 15 is 0 Å². The van der Waals surface area contributed by atoms with Crippen LogP contribution >= 0.6 is 0 Å². The Morgan fingerprint density at radius 3 is 1.02 bits per heavy atom. The molecule has 0 radical (unpaired) electrons. The second-order valence-corrected chi connectivity index (χ2v) is 18.9. The largest absolute Gasteiger partial charge is 0.466 e. The molecule has 0 aromatic carbocycles. The first-order chi connectivity index (χ1) is 29.5. The fourth-order valence-corrected chi connectivity index (χ4v) is 8.70. The highest BCUT2D eigenvalue weighted by molar-refractivity contribution is 5.76. The zero-order chi connectivity index (χ0) is 43.7. The smallest absolute Gasteiger partial charge is 0.305 e. The number of nitrogens with one attached hydrogen (secondary N) is 1. The predicted octanol–water partition coefficient (Wildman–Crippen LogP) is 16.4. The molecule has 0 aromatic heterocycles. The Kier molecular flexibility index (Phi) is 49.5. The Morgan fingerprint density at radius 2 is 0.683 bits per heavy atom. The van der Waals surface area contributed by atoms with Gasteiger partial charge in [-0.15, -0.1) is 0 Å². The minimum absolute atomic E-state index is 0.0108. The van der Waals surface area contributed by atoms with Crippen molar-refractivity contribution in [2.75, 3.05) is 13.2 Å². The summed E-state index contributed by atoms with van der Waals surface area (Å²) >= 11 is 0. The van der Waals surface area contributed by atoms with Crippen LogP contribution in [0.4, 0.5) is 0 Å². The maximum atomic E-state index is 12.4. The van der Waals surface area contributed by atoms with Crippen molar-refractivity contribution in [1.29, 1.82) is 0 Å². The molecule has 0 heterocycles. The molecule has 3 N–H and O–H groups in total. The summed E-state index contributed by atoms with van der Waals surface area (Å²) in [6.45, 7) is 4.95. The SMILES string of the molecule is CCCCCCCCCCCCCCC(O)C(CO)NC(=O)CCCCCCCCCCCCCCCCCCCCCCOC(=O)CCCCCCCCCCCCC. The maximum absolute atomic E-state index is 12.4. The van der Waals surface area contributed by atoms with Crippen LogP contribution in [0.5, 0.6) is 0 Å². The molecule has 2 atom stereocenters. The summed E-state index contributed by atoms with van der Waals surface area (Å²) in [5.41, 5.74) is 0. The molecule has 2 unspecified atom stereocenters. The van der Waals surface area contributed by atoms with Crippen molar-refractivity contribution in [3.05, 3.63) is 0 Å². The predicted molar refractivity (Wildman–Crippen MR) is 260 cm³/mol. The number of amides is 1. The summed E-state index contributed by atoms with van der Waals surface area (Å²) in [5.74, 6) is -0.0251. The third kappa shape index (κ3) is 46.4. The Hall–Kier alpha value is -1.14.